The van der Waals surface area contributed by atoms with Gasteiger partial charge >= 0.3 is 11.9 Å². The van der Waals surface area contributed by atoms with Crippen LogP contribution in [0.5, 0.6) is 0 Å². The fraction of sp³-hybridized carbons (Fsp3) is 0.917. The summed E-state index contributed by atoms with van der Waals surface area (Å²) in [4.78, 5) is 27.8. The lowest BCUT2D eigenvalue weighted by atomic mass is 9.33. The Morgan fingerprint density at radius 3 is 1.99 bits per heavy atom. The second-order valence-electron chi connectivity index (χ2n) is 23.3. The van der Waals surface area contributed by atoms with Gasteiger partial charge in [-0.15, -0.1) is 0 Å². The van der Waals surface area contributed by atoms with Gasteiger partial charge in [-0.05, 0) is 117 Å². The Bertz CT molecular complexity index is 1880. The molecule has 5 aliphatic carbocycles. The molecule has 0 spiro atoms. The van der Waals surface area contributed by atoms with E-state index in [1.54, 1.807) is 6.92 Å². The van der Waals surface area contributed by atoms with Crippen LogP contribution in [0.2, 0.25) is 0 Å². The summed E-state index contributed by atoms with van der Waals surface area (Å²) in [5.74, 6) is -1.87. The number of fused-ring (bicyclic) bond motifs is 7. The lowest BCUT2D eigenvalue weighted by Gasteiger charge is -2.71. The van der Waals surface area contributed by atoms with Gasteiger partial charge in [0.2, 0.25) is 6.29 Å². The molecule has 0 bridgehead atoms. The molecule has 3 heterocycles. The zero-order valence-corrected chi connectivity index (χ0v) is 39.7. The van der Waals surface area contributed by atoms with E-state index in [4.69, 9.17) is 28.4 Å². The summed E-state index contributed by atoms with van der Waals surface area (Å²) in [5.41, 5.74) is -2.13. The zero-order chi connectivity index (χ0) is 49.1. The van der Waals surface area contributed by atoms with Crippen LogP contribution in [-0.4, -0.2) is 180 Å². The molecule has 0 radical (unpaired) electrons. The smallest absolute Gasteiger partial charge is 0.315 e. The maximum Gasteiger partial charge on any atom is 0.315 e. The van der Waals surface area contributed by atoms with Crippen LogP contribution in [0.25, 0.3) is 0 Å². The van der Waals surface area contributed by atoms with Crippen molar-refractivity contribution in [1.29, 1.82) is 0 Å². The maximum absolute atomic E-state index is 15.0. The van der Waals surface area contributed by atoms with Gasteiger partial charge in [0, 0.05) is 0 Å². The van der Waals surface area contributed by atoms with E-state index in [0.29, 0.717) is 44.9 Å². The summed E-state index contributed by atoms with van der Waals surface area (Å²) in [6, 6.07) is 0. The third-order valence-electron chi connectivity index (χ3n) is 19.4. The molecular weight excluding hydrogens is 881 g/mol. The van der Waals surface area contributed by atoms with E-state index < -0.39 is 134 Å². The summed E-state index contributed by atoms with van der Waals surface area (Å²) >= 11 is 0. The highest BCUT2D eigenvalue weighted by Crippen LogP contribution is 2.76. The molecule has 3 aliphatic heterocycles. The normalized spacial score (nSPS) is 54.0. The fourth-order valence-electron chi connectivity index (χ4n) is 14.8. The number of esters is 1. The largest absolute Gasteiger partial charge is 0.481 e. The molecule has 24 atom stereocenters. The number of carboxylic acids is 1. The van der Waals surface area contributed by atoms with Gasteiger partial charge in [0.1, 0.15) is 67.1 Å². The highest BCUT2D eigenvalue weighted by atomic mass is 16.8. The minimum absolute atomic E-state index is 0.128. The molecule has 67 heavy (non-hydrogen) atoms. The molecule has 382 valence electrons. The second-order valence-corrected chi connectivity index (χ2v) is 23.3. The minimum Gasteiger partial charge on any atom is -0.481 e. The van der Waals surface area contributed by atoms with Crippen LogP contribution in [0.15, 0.2) is 11.6 Å². The average molecular weight is 957 g/mol. The SMILES string of the molecule is C[C@@H]1O[C@@H](O[C@@H]2[C@H](O)[C@H](O)[C@@H](OC[C@@H]3O[C@H](OC(=O)[C@]45CCC(C)(C)C[C@@H]4C4=CC[C@@H]6[C@@]7(C)CC[C@@H](O)[C@](C)(C(=O)O)[C@@H]7CC[C@@]6(C)[C@]4(C)CC5)[C@@H](O)[C@H](O)[C@@H]3O)O[C@H]2CO)[C@H](O)[C@H](O)[C@H]1O. The fourth-order valence-corrected chi connectivity index (χ4v) is 14.8. The van der Waals surface area contributed by atoms with Crippen molar-refractivity contribution in [3.63, 3.8) is 0 Å². The van der Waals surface area contributed by atoms with Crippen LogP contribution in [0.3, 0.4) is 0 Å². The van der Waals surface area contributed by atoms with Crippen LogP contribution < -0.4 is 0 Å². The van der Waals surface area contributed by atoms with Gasteiger partial charge in [0.25, 0.3) is 0 Å². The van der Waals surface area contributed by atoms with Crippen molar-refractivity contribution in [3.8, 4) is 0 Å². The van der Waals surface area contributed by atoms with Crippen LogP contribution in [0.4, 0.5) is 0 Å². The van der Waals surface area contributed by atoms with E-state index in [1.807, 2.05) is 0 Å². The molecule has 0 aromatic carbocycles. The van der Waals surface area contributed by atoms with Gasteiger partial charge in [0.05, 0.1) is 36.3 Å². The third kappa shape index (κ3) is 7.97. The number of aliphatic hydroxyl groups excluding tert-OH is 10. The first-order valence-electron chi connectivity index (χ1n) is 24.3. The van der Waals surface area contributed by atoms with E-state index >= 15 is 0 Å². The van der Waals surface area contributed by atoms with Crippen molar-refractivity contribution in [2.45, 2.75) is 211 Å². The van der Waals surface area contributed by atoms with E-state index in [1.165, 1.54) is 12.5 Å². The molecule has 0 aromatic rings. The number of ether oxygens (including phenoxy) is 6. The Balaban J connectivity index is 0.981. The quantitative estimate of drug-likeness (QED) is 0.109. The Hall–Kier alpha value is -1.92. The molecule has 11 N–H and O–H groups in total. The van der Waals surface area contributed by atoms with E-state index in [0.717, 1.165) is 19.3 Å². The molecule has 8 aliphatic rings. The van der Waals surface area contributed by atoms with E-state index in [9.17, 15) is 65.8 Å². The molecule has 7 fully saturated rings. The number of hydrogen-bond donors (Lipinski definition) is 11. The maximum atomic E-state index is 15.0. The Morgan fingerprint density at radius 1 is 0.687 bits per heavy atom. The van der Waals surface area contributed by atoms with E-state index in [2.05, 4.69) is 40.7 Å². The predicted octanol–water partition coefficient (Wildman–Crippen LogP) is 0.233. The summed E-state index contributed by atoms with van der Waals surface area (Å²) in [5, 5.41) is 118. The van der Waals surface area contributed by atoms with Crippen molar-refractivity contribution in [2.24, 2.45) is 50.2 Å². The summed E-state index contributed by atoms with van der Waals surface area (Å²) < 4.78 is 34.7. The monoisotopic (exact) mass is 956 g/mol. The van der Waals surface area contributed by atoms with Gasteiger partial charge in [-0.1, -0.05) is 46.3 Å². The molecule has 0 amide bonds. The number of aliphatic hydroxyl groups is 10. The van der Waals surface area contributed by atoms with Gasteiger partial charge in [-0.2, -0.15) is 0 Å². The minimum atomic E-state index is -1.87. The van der Waals surface area contributed by atoms with Crippen molar-refractivity contribution < 1.29 is 94.2 Å². The molecular formula is C48H76O19. The number of carbonyl (C=O) groups excluding carboxylic acids is 1. The Labute approximate surface area is 391 Å². The number of carboxylic acid groups (broad SMARTS) is 1. The standard InChI is InChI=1S/C48H76O19/c1-21-29(51)31(53)34(56)39(63-21)66-37-24(19-49)64-38(36(58)33(37)55)62-20-25-30(52)32(54)35(57)40(65-25)67-42(61)48-16-14-43(2,3)18-23(48)22-8-9-26-44(4)12-11-28(50)47(7,41(59)60)27(44)10-13-46(26,6)45(22,5)15-17-48/h8,21,23-40,49-58H,9-20H2,1-7H3,(H,59,60)/t21-,23+,24-,25-,26+,27+,28+,29-,30+,31+,32+,33+,34+,35-,36-,37-,38-,39-,40+,44+,45+,46+,47+,48-/m0/s1. The van der Waals surface area contributed by atoms with Crippen LogP contribution in [0, 0.1) is 50.2 Å². The first-order chi connectivity index (χ1) is 31.2. The predicted molar refractivity (Wildman–Crippen MR) is 231 cm³/mol. The van der Waals surface area contributed by atoms with Gasteiger partial charge in [0.15, 0.2) is 12.6 Å². The van der Waals surface area contributed by atoms with Crippen LogP contribution in [-0.2, 0) is 38.0 Å². The van der Waals surface area contributed by atoms with Gasteiger partial charge < -0.3 is 84.6 Å². The van der Waals surface area contributed by atoms with Crippen LogP contribution >= 0.6 is 0 Å². The molecule has 3 saturated heterocycles. The Morgan fingerprint density at radius 2 is 1.31 bits per heavy atom. The Kier molecular flexibility index (Phi) is 13.8. The number of hydrogen-bond acceptors (Lipinski definition) is 18. The summed E-state index contributed by atoms with van der Waals surface area (Å²) in [7, 11) is 0. The van der Waals surface area contributed by atoms with Crippen LogP contribution in [0.1, 0.15) is 113 Å². The second kappa shape index (κ2) is 18.0. The lowest BCUT2D eigenvalue weighted by Crippen LogP contribution is -2.66. The molecule has 4 saturated carbocycles. The third-order valence-corrected chi connectivity index (χ3v) is 19.4. The first kappa shape index (κ1) is 51.4. The summed E-state index contributed by atoms with van der Waals surface area (Å²) in [6.45, 7) is 13.0. The van der Waals surface area contributed by atoms with Gasteiger partial charge in [-0.3, -0.25) is 9.59 Å². The van der Waals surface area contributed by atoms with E-state index in [-0.39, 0.29) is 39.4 Å². The number of allylic oxidation sites excluding steroid dienone is 2. The lowest BCUT2D eigenvalue weighted by molar-refractivity contribution is -0.361. The molecule has 19 heteroatoms. The highest BCUT2D eigenvalue weighted by Gasteiger charge is 2.71. The molecule has 19 nitrogen and oxygen atoms in total. The van der Waals surface area contributed by atoms with Crippen molar-refractivity contribution in [1.82, 2.24) is 0 Å². The number of carbonyl (C=O) groups is 2. The summed E-state index contributed by atoms with van der Waals surface area (Å²) in [6.07, 6.45) is -16.7. The number of aliphatic carboxylic acids is 1. The van der Waals surface area contributed by atoms with Crippen molar-refractivity contribution >= 4 is 11.9 Å². The topological polar surface area (TPSA) is 312 Å². The van der Waals surface area contributed by atoms with Gasteiger partial charge in [-0.25, -0.2) is 0 Å². The van der Waals surface area contributed by atoms with Crippen molar-refractivity contribution in [2.75, 3.05) is 13.2 Å². The molecule has 0 unspecified atom stereocenters. The average Bonchev–Trinajstić information content (AvgIpc) is 3.27. The van der Waals surface area contributed by atoms with Crippen molar-refractivity contribution in [3.05, 3.63) is 11.6 Å². The zero-order valence-electron chi connectivity index (χ0n) is 39.7. The molecule has 8 rings (SSSR count). The number of rotatable bonds is 9. The first-order valence-corrected chi connectivity index (χ1v) is 24.3. The highest BCUT2D eigenvalue weighted by molar-refractivity contribution is 5.79. The molecule has 0 aromatic heterocycles.